The van der Waals surface area contributed by atoms with E-state index in [2.05, 4.69) is 5.32 Å². The highest BCUT2D eigenvalue weighted by atomic mass is 32.2. The Balaban J connectivity index is 2.05. The first-order chi connectivity index (χ1) is 12.4. The molecule has 1 aromatic carbocycles. The molecule has 0 aromatic heterocycles. The number of benzene rings is 1. The van der Waals surface area contributed by atoms with Gasteiger partial charge in [-0.2, -0.15) is 4.31 Å². The summed E-state index contributed by atoms with van der Waals surface area (Å²) in [4.78, 5) is 12.5. The van der Waals surface area contributed by atoms with Crippen molar-refractivity contribution in [2.45, 2.75) is 57.0 Å². The van der Waals surface area contributed by atoms with E-state index in [1.165, 1.54) is 12.5 Å². The van der Waals surface area contributed by atoms with Gasteiger partial charge in [-0.25, -0.2) is 8.42 Å². The number of carbonyl (C=O) groups excluding carboxylic acids is 1. The van der Waals surface area contributed by atoms with Gasteiger partial charge in [-0.1, -0.05) is 25.3 Å². The van der Waals surface area contributed by atoms with Gasteiger partial charge >= 0.3 is 0 Å². The first-order valence-corrected chi connectivity index (χ1v) is 10.9. The van der Waals surface area contributed by atoms with Crippen molar-refractivity contribution in [3.05, 3.63) is 29.8 Å². The fraction of sp³-hybridized carbons (Fsp3) is 0.632. The van der Waals surface area contributed by atoms with Crippen molar-refractivity contribution in [1.82, 2.24) is 9.62 Å². The summed E-state index contributed by atoms with van der Waals surface area (Å²) in [6.07, 6.45) is 5.17. The van der Waals surface area contributed by atoms with E-state index in [0.717, 1.165) is 25.7 Å². The second-order valence-electron chi connectivity index (χ2n) is 6.88. The fourth-order valence-corrected chi connectivity index (χ4v) is 4.53. The quantitative estimate of drug-likeness (QED) is 0.736. The summed E-state index contributed by atoms with van der Waals surface area (Å²) in [6, 6.07) is 6.28. The smallest absolute Gasteiger partial charge is 0.251 e. The molecular formula is C19H30N2O4S. The molecule has 2 rings (SSSR count). The van der Waals surface area contributed by atoms with Crippen LogP contribution in [-0.2, 0) is 14.8 Å². The van der Waals surface area contributed by atoms with E-state index in [1.807, 2.05) is 13.8 Å². The lowest BCUT2D eigenvalue weighted by Gasteiger charge is -2.24. The average molecular weight is 383 g/mol. The van der Waals surface area contributed by atoms with Crippen LogP contribution in [0.3, 0.4) is 0 Å². The molecule has 1 heterocycles. The zero-order chi connectivity index (χ0) is 19.0. The van der Waals surface area contributed by atoms with Crippen LogP contribution in [0.15, 0.2) is 29.2 Å². The monoisotopic (exact) mass is 382 g/mol. The molecule has 1 aliphatic heterocycles. The SMILES string of the molecule is CC(C)OCCNC(=O)c1cccc(S(=O)(=O)N2CCCCCCC2)c1. The summed E-state index contributed by atoms with van der Waals surface area (Å²) < 4.78 is 32.8. The number of sulfonamides is 1. The van der Waals surface area contributed by atoms with Crippen LogP contribution in [-0.4, -0.2) is 51.0 Å². The maximum atomic E-state index is 12.9. The summed E-state index contributed by atoms with van der Waals surface area (Å²) in [6.45, 7) is 5.77. The molecule has 0 spiro atoms. The number of hydrogen-bond acceptors (Lipinski definition) is 4. The minimum Gasteiger partial charge on any atom is -0.377 e. The summed E-state index contributed by atoms with van der Waals surface area (Å²) in [5, 5.41) is 2.76. The number of nitrogens with one attached hydrogen (secondary N) is 1. The highest BCUT2D eigenvalue weighted by Crippen LogP contribution is 2.21. The normalized spacial score (nSPS) is 16.9. The Bertz CT molecular complexity index is 681. The van der Waals surface area contributed by atoms with E-state index in [-0.39, 0.29) is 16.9 Å². The van der Waals surface area contributed by atoms with Gasteiger partial charge in [0.2, 0.25) is 10.0 Å². The average Bonchev–Trinajstić information content (AvgIpc) is 2.58. The maximum absolute atomic E-state index is 12.9. The summed E-state index contributed by atoms with van der Waals surface area (Å²) in [7, 11) is -3.57. The molecule has 7 heteroatoms. The predicted molar refractivity (Wildman–Crippen MR) is 102 cm³/mol. The lowest BCUT2D eigenvalue weighted by molar-refractivity contribution is 0.0746. The number of ether oxygens (including phenoxy) is 1. The Kier molecular flexibility index (Phi) is 8.06. The van der Waals surface area contributed by atoms with Crippen molar-refractivity contribution in [3.63, 3.8) is 0 Å². The van der Waals surface area contributed by atoms with Crippen molar-refractivity contribution in [1.29, 1.82) is 0 Å². The van der Waals surface area contributed by atoms with Gasteiger partial charge in [0, 0.05) is 25.2 Å². The second kappa shape index (κ2) is 10.0. The fourth-order valence-electron chi connectivity index (χ4n) is 2.97. The van der Waals surface area contributed by atoms with Crippen molar-refractivity contribution in [2.24, 2.45) is 0 Å². The van der Waals surface area contributed by atoms with E-state index in [9.17, 15) is 13.2 Å². The third-order valence-corrected chi connectivity index (χ3v) is 6.28. The van der Waals surface area contributed by atoms with Crippen molar-refractivity contribution in [3.8, 4) is 0 Å². The summed E-state index contributed by atoms with van der Waals surface area (Å²) in [5.41, 5.74) is 0.350. The molecule has 0 radical (unpaired) electrons. The van der Waals surface area contributed by atoms with Gasteiger partial charge < -0.3 is 10.1 Å². The molecule has 0 unspecified atom stereocenters. The molecule has 1 aromatic rings. The van der Waals surface area contributed by atoms with Crippen LogP contribution in [0, 0.1) is 0 Å². The Morgan fingerprint density at radius 1 is 1.15 bits per heavy atom. The molecule has 0 saturated carbocycles. The molecule has 1 amide bonds. The molecule has 26 heavy (non-hydrogen) atoms. The highest BCUT2D eigenvalue weighted by molar-refractivity contribution is 7.89. The maximum Gasteiger partial charge on any atom is 0.251 e. The van der Waals surface area contributed by atoms with Crippen LogP contribution in [0.25, 0.3) is 0 Å². The van der Waals surface area contributed by atoms with Crippen molar-refractivity contribution < 1.29 is 17.9 Å². The zero-order valence-corrected chi connectivity index (χ0v) is 16.6. The lowest BCUT2D eigenvalue weighted by atomic mass is 10.1. The third kappa shape index (κ3) is 6.07. The highest BCUT2D eigenvalue weighted by Gasteiger charge is 2.25. The molecule has 0 atom stereocenters. The molecule has 1 saturated heterocycles. The first-order valence-electron chi connectivity index (χ1n) is 9.41. The minimum absolute atomic E-state index is 0.109. The van der Waals surface area contributed by atoms with Gasteiger partial charge in [-0.3, -0.25) is 4.79 Å². The lowest BCUT2D eigenvalue weighted by Crippen LogP contribution is -2.34. The Labute approximate surface area is 157 Å². The number of carbonyl (C=O) groups is 1. The van der Waals surface area contributed by atoms with Crippen LogP contribution in [0.5, 0.6) is 0 Å². The summed E-state index contributed by atoms with van der Waals surface area (Å²) >= 11 is 0. The van der Waals surface area contributed by atoms with Gasteiger partial charge in [0.05, 0.1) is 17.6 Å². The van der Waals surface area contributed by atoms with Gasteiger partial charge in [0.25, 0.3) is 5.91 Å². The van der Waals surface area contributed by atoms with E-state index >= 15 is 0 Å². The molecule has 1 aliphatic rings. The Hall–Kier alpha value is -1.44. The molecule has 0 bridgehead atoms. The molecule has 0 aliphatic carbocycles. The molecule has 1 fully saturated rings. The Morgan fingerprint density at radius 2 is 1.81 bits per heavy atom. The standard InChI is InChI=1S/C19H30N2O4S/c1-16(2)25-14-11-20-19(22)17-9-8-10-18(15-17)26(23,24)21-12-6-4-3-5-7-13-21/h8-10,15-16H,3-7,11-14H2,1-2H3,(H,20,22). The molecule has 1 N–H and O–H groups in total. The van der Waals surface area contributed by atoms with Gasteiger partial charge in [-0.05, 0) is 44.9 Å². The first kappa shape index (κ1) is 20.9. The second-order valence-corrected chi connectivity index (χ2v) is 8.81. The third-order valence-electron chi connectivity index (χ3n) is 4.39. The van der Waals surface area contributed by atoms with Gasteiger partial charge in [0.15, 0.2) is 0 Å². The number of rotatable bonds is 7. The van der Waals surface area contributed by atoms with Crippen LogP contribution in [0.2, 0.25) is 0 Å². The van der Waals surface area contributed by atoms with Crippen LogP contribution in [0.1, 0.15) is 56.3 Å². The summed E-state index contributed by atoms with van der Waals surface area (Å²) in [5.74, 6) is -0.290. The molecular weight excluding hydrogens is 352 g/mol. The van der Waals surface area contributed by atoms with Crippen LogP contribution in [0.4, 0.5) is 0 Å². The number of hydrogen-bond donors (Lipinski definition) is 1. The van der Waals surface area contributed by atoms with Gasteiger partial charge in [0.1, 0.15) is 0 Å². The van der Waals surface area contributed by atoms with Crippen LogP contribution >= 0.6 is 0 Å². The van der Waals surface area contributed by atoms with E-state index in [0.29, 0.717) is 31.8 Å². The number of amides is 1. The van der Waals surface area contributed by atoms with E-state index in [4.69, 9.17) is 4.74 Å². The van der Waals surface area contributed by atoms with Crippen molar-refractivity contribution >= 4 is 15.9 Å². The predicted octanol–water partition coefficient (Wildman–Crippen LogP) is 2.80. The largest absolute Gasteiger partial charge is 0.377 e. The zero-order valence-electron chi connectivity index (χ0n) is 15.7. The number of nitrogens with zero attached hydrogens (tertiary/aromatic N) is 1. The molecule has 6 nitrogen and oxygen atoms in total. The van der Waals surface area contributed by atoms with Gasteiger partial charge in [-0.15, -0.1) is 0 Å². The van der Waals surface area contributed by atoms with Crippen LogP contribution < -0.4 is 5.32 Å². The Morgan fingerprint density at radius 3 is 2.46 bits per heavy atom. The molecule has 146 valence electrons. The minimum atomic E-state index is -3.57. The van der Waals surface area contributed by atoms with E-state index < -0.39 is 10.0 Å². The van der Waals surface area contributed by atoms with Crippen molar-refractivity contribution in [2.75, 3.05) is 26.2 Å². The topological polar surface area (TPSA) is 75.7 Å². The van der Waals surface area contributed by atoms with E-state index in [1.54, 1.807) is 22.5 Å².